The van der Waals surface area contributed by atoms with Crippen LogP contribution >= 0.6 is 0 Å². The molecule has 0 aromatic heterocycles. The van der Waals surface area contributed by atoms with Gasteiger partial charge in [0.15, 0.2) is 0 Å². The monoisotopic (exact) mass is 186 g/mol. The van der Waals surface area contributed by atoms with Gasteiger partial charge in [0.25, 0.3) is 0 Å². The average Bonchev–Trinajstić information content (AvgIpc) is 2.17. The first-order valence-electron chi connectivity index (χ1n) is 6.37. The van der Waals surface area contributed by atoms with Crippen LogP contribution in [0.3, 0.4) is 0 Å². The summed E-state index contributed by atoms with van der Waals surface area (Å²) in [6, 6.07) is 0. The maximum Gasteiger partial charge on any atom is -0.0105 e. The molecule has 4 atom stereocenters. The van der Waals surface area contributed by atoms with Gasteiger partial charge in [-0.05, 0) is 86.9 Å². The molecule has 4 unspecified atom stereocenters. The van der Waals surface area contributed by atoms with Crippen molar-refractivity contribution in [1.29, 1.82) is 0 Å². The molecule has 6 fully saturated rings. The highest BCUT2D eigenvalue weighted by Gasteiger charge is 2.51. The van der Waals surface area contributed by atoms with Crippen molar-refractivity contribution in [2.75, 3.05) is 0 Å². The zero-order valence-electron chi connectivity index (χ0n) is 8.71. The Hall–Kier alpha value is 0. The van der Waals surface area contributed by atoms with E-state index in [0.717, 1.165) is 35.5 Å². The summed E-state index contributed by atoms with van der Waals surface area (Å²) in [5.74, 6) is 6.13. The lowest BCUT2D eigenvalue weighted by Gasteiger charge is -2.57. The second-order valence-corrected chi connectivity index (χ2v) is 6.02. The molecule has 74 valence electrons. The van der Waals surface area contributed by atoms with Gasteiger partial charge in [0, 0.05) is 0 Å². The first kappa shape index (κ1) is 8.19. The standard InChI is InChI=1S/C14H18/c1-2-11-8-12(3-1)14(11)13-6-9-4-10(5-9)7-13/h9-14H,2-4,6-8H2. The van der Waals surface area contributed by atoms with E-state index in [1.54, 1.807) is 0 Å². The summed E-state index contributed by atoms with van der Waals surface area (Å²) in [7, 11) is 0. The van der Waals surface area contributed by atoms with E-state index in [4.69, 9.17) is 0 Å². The molecule has 4 bridgehead atoms. The van der Waals surface area contributed by atoms with Gasteiger partial charge in [-0.2, -0.15) is 0 Å². The van der Waals surface area contributed by atoms with Crippen molar-refractivity contribution in [2.24, 2.45) is 35.5 Å². The SMILES string of the molecule is [C]1CC2CC(C1)C2C1CC2[C]C(C2)C1. The maximum absolute atomic E-state index is 3.66. The largest absolute Gasteiger partial charge is 0.0470 e. The predicted octanol–water partition coefficient (Wildman–Crippen LogP) is 3.24. The van der Waals surface area contributed by atoms with E-state index >= 15 is 0 Å². The maximum atomic E-state index is 3.66. The lowest BCUT2D eigenvalue weighted by molar-refractivity contribution is -0.0477. The molecule has 0 N–H and O–H groups in total. The normalized spacial score (nSPS) is 60.0. The minimum Gasteiger partial charge on any atom is -0.0470 e. The number of hydrogen-bond donors (Lipinski definition) is 0. The third kappa shape index (κ3) is 1.01. The van der Waals surface area contributed by atoms with Crippen LogP contribution in [0.4, 0.5) is 0 Å². The topological polar surface area (TPSA) is 0 Å². The summed E-state index contributed by atoms with van der Waals surface area (Å²) in [5, 5.41) is 0. The van der Waals surface area contributed by atoms with Gasteiger partial charge >= 0.3 is 0 Å². The highest BCUT2D eigenvalue weighted by molar-refractivity contribution is 5.08. The first-order chi connectivity index (χ1) is 6.90. The van der Waals surface area contributed by atoms with Gasteiger partial charge in [-0.25, -0.2) is 0 Å². The van der Waals surface area contributed by atoms with Crippen LogP contribution in [-0.2, 0) is 0 Å². The second kappa shape index (κ2) is 2.77. The second-order valence-electron chi connectivity index (χ2n) is 6.02. The van der Waals surface area contributed by atoms with Crippen LogP contribution in [0.15, 0.2) is 0 Å². The smallest absolute Gasteiger partial charge is 0.0105 e. The van der Waals surface area contributed by atoms with Gasteiger partial charge in [-0.3, -0.25) is 0 Å². The van der Waals surface area contributed by atoms with E-state index < -0.39 is 0 Å². The van der Waals surface area contributed by atoms with Gasteiger partial charge in [0.05, 0.1) is 0 Å². The number of rotatable bonds is 1. The molecule has 14 heavy (non-hydrogen) atoms. The fourth-order valence-electron chi connectivity index (χ4n) is 4.68. The summed E-state index contributed by atoms with van der Waals surface area (Å²) in [4.78, 5) is 0. The van der Waals surface area contributed by atoms with Crippen LogP contribution in [0.5, 0.6) is 0 Å². The molecular weight excluding hydrogens is 168 g/mol. The van der Waals surface area contributed by atoms with Crippen molar-refractivity contribution in [2.45, 2.75) is 38.5 Å². The van der Waals surface area contributed by atoms with Gasteiger partial charge < -0.3 is 0 Å². The molecule has 6 saturated carbocycles. The first-order valence-corrected chi connectivity index (χ1v) is 6.37. The Morgan fingerprint density at radius 3 is 1.93 bits per heavy atom. The molecule has 6 aliphatic rings. The average molecular weight is 186 g/mol. The third-order valence-corrected chi connectivity index (χ3v) is 5.27. The summed E-state index contributed by atoms with van der Waals surface area (Å²) in [6.45, 7) is 0. The fraction of sp³-hybridized carbons (Fsp3) is 0.857. The van der Waals surface area contributed by atoms with E-state index in [9.17, 15) is 0 Å². The molecule has 0 heteroatoms. The van der Waals surface area contributed by atoms with Crippen molar-refractivity contribution >= 4 is 0 Å². The Morgan fingerprint density at radius 2 is 1.36 bits per heavy atom. The van der Waals surface area contributed by atoms with Gasteiger partial charge in [-0.15, -0.1) is 0 Å². The van der Waals surface area contributed by atoms with Crippen molar-refractivity contribution in [3.05, 3.63) is 12.8 Å². The molecule has 0 aromatic carbocycles. The van der Waals surface area contributed by atoms with Gasteiger partial charge in [-0.1, -0.05) is 0 Å². The van der Waals surface area contributed by atoms with E-state index in [0.29, 0.717) is 0 Å². The van der Waals surface area contributed by atoms with Gasteiger partial charge in [0.2, 0.25) is 0 Å². The van der Waals surface area contributed by atoms with Crippen LogP contribution in [-0.4, -0.2) is 0 Å². The molecule has 0 nitrogen and oxygen atoms in total. The Labute approximate surface area is 87.5 Å². The Kier molecular flexibility index (Phi) is 1.62. The molecule has 6 rings (SSSR count). The summed E-state index contributed by atoms with van der Waals surface area (Å²) in [5.41, 5.74) is 0. The van der Waals surface area contributed by atoms with Crippen LogP contribution in [0.2, 0.25) is 0 Å². The summed E-state index contributed by atoms with van der Waals surface area (Å²) < 4.78 is 0. The quantitative estimate of drug-likeness (QED) is 0.589. The van der Waals surface area contributed by atoms with E-state index in [2.05, 4.69) is 12.8 Å². The number of fused-ring (bicyclic) bond motifs is 5. The Balaban J connectivity index is 1.48. The van der Waals surface area contributed by atoms with Gasteiger partial charge in [0.1, 0.15) is 0 Å². The van der Waals surface area contributed by atoms with Crippen molar-refractivity contribution in [3.8, 4) is 0 Å². The zero-order valence-corrected chi connectivity index (χ0v) is 8.71. The molecule has 0 spiro atoms. The molecule has 0 amide bonds. The molecule has 0 aromatic rings. The highest BCUT2D eigenvalue weighted by atomic mass is 14.6. The van der Waals surface area contributed by atoms with Crippen LogP contribution in [0.25, 0.3) is 0 Å². The third-order valence-electron chi connectivity index (χ3n) is 5.27. The Bertz CT molecular complexity index is 214. The molecular formula is C14H18. The minimum atomic E-state index is 0.910. The minimum absolute atomic E-state index is 0.910. The molecule has 0 heterocycles. The predicted molar refractivity (Wildman–Crippen MR) is 55.1 cm³/mol. The van der Waals surface area contributed by atoms with Crippen LogP contribution in [0, 0.1) is 48.3 Å². The van der Waals surface area contributed by atoms with Crippen molar-refractivity contribution < 1.29 is 0 Å². The fourth-order valence-corrected chi connectivity index (χ4v) is 4.68. The molecule has 0 aliphatic heterocycles. The van der Waals surface area contributed by atoms with E-state index in [-0.39, 0.29) is 0 Å². The number of hydrogen-bond acceptors (Lipinski definition) is 0. The summed E-state index contributed by atoms with van der Waals surface area (Å²) in [6.07, 6.45) is 15.9. The molecule has 0 saturated heterocycles. The van der Waals surface area contributed by atoms with E-state index in [1.807, 2.05) is 0 Å². The van der Waals surface area contributed by atoms with Crippen molar-refractivity contribution in [1.82, 2.24) is 0 Å². The molecule has 6 aliphatic carbocycles. The Morgan fingerprint density at radius 1 is 0.714 bits per heavy atom. The highest BCUT2D eigenvalue weighted by Crippen LogP contribution is 2.60. The van der Waals surface area contributed by atoms with Crippen LogP contribution < -0.4 is 0 Å². The van der Waals surface area contributed by atoms with Crippen LogP contribution in [0.1, 0.15) is 38.5 Å². The van der Waals surface area contributed by atoms with Crippen molar-refractivity contribution in [3.63, 3.8) is 0 Å². The lowest BCUT2D eigenvalue weighted by Crippen LogP contribution is -2.49. The molecule has 4 radical (unpaired) electrons. The lowest BCUT2D eigenvalue weighted by atomic mass is 9.48. The zero-order chi connectivity index (χ0) is 9.12. The van der Waals surface area contributed by atoms with E-state index in [1.165, 1.54) is 38.5 Å². The summed E-state index contributed by atoms with van der Waals surface area (Å²) >= 11 is 0.